The van der Waals surface area contributed by atoms with Crippen molar-refractivity contribution in [1.29, 1.82) is 5.26 Å². The molecule has 4 rings (SSSR count). The summed E-state index contributed by atoms with van der Waals surface area (Å²) in [6, 6.07) is 14.8. The highest BCUT2D eigenvalue weighted by molar-refractivity contribution is 6.05. The quantitative estimate of drug-likeness (QED) is 0.592. The maximum Gasteiger partial charge on any atom is 0.252 e. The topological polar surface area (TPSA) is 91.6 Å². The number of anilines is 2. The number of hydrogen-bond acceptors (Lipinski definition) is 7. The SMILES string of the molecule is COc1cc(/C=C/C(=O)N2CCN(C)c3nc4ccccc4nc32)ccc1OCC#N. The Balaban J connectivity index is 1.60. The molecule has 3 aromatic rings. The van der Waals surface area contributed by atoms with Gasteiger partial charge in [-0.15, -0.1) is 0 Å². The summed E-state index contributed by atoms with van der Waals surface area (Å²) in [5.41, 5.74) is 2.31. The van der Waals surface area contributed by atoms with Gasteiger partial charge >= 0.3 is 0 Å². The molecule has 31 heavy (non-hydrogen) atoms. The Kier molecular flexibility index (Phi) is 5.67. The number of amides is 1. The van der Waals surface area contributed by atoms with Gasteiger partial charge in [0.15, 0.2) is 29.7 Å². The van der Waals surface area contributed by atoms with Gasteiger partial charge in [-0.05, 0) is 35.9 Å². The van der Waals surface area contributed by atoms with Crippen molar-refractivity contribution in [3.05, 3.63) is 54.1 Å². The Bertz CT molecular complexity index is 1200. The number of fused-ring (bicyclic) bond motifs is 2. The van der Waals surface area contributed by atoms with E-state index in [2.05, 4.69) is 0 Å². The minimum Gasteiger partial charge on any atom is -0.493 e. The number of likely N-dealkylation sites (N-methyl/N-ethyl adjacent to an activating group) is 1. The fraction of sp³-hybridized carbons (Fsp3) is 0.217. The molecule has 0 saturated heterocycles. The standard InChI is InChI=1S/C23H21N5O3/c1-27-12-13-28(23-22(27)25-17-5-3-4-6-18(17)26-23)21(29)10-8-16-7-9-19(31-14-11-24)20(15-16)30-2/h3-10,15H,12-14H2,1-2H3/b10-8+. The number of ether oxygens (including phenoxy) is 2. The lowest BCUT2D eigenvalue weighted by atomic mass is 10.2. The maximum atomic E-state index is 13.0. The van der Waals surface area contributed by atoms with Crippen LogP contribution in [0.3, 0.4) is 0 Å². The molecule has 0 radical (unpaired) electrons. The molecule has 0 spiro atoms. The number of carbonyl (C=O) groups is 1. The van der Waals surface area contributed by atoms with Gasteiger partial charge in [0, 0.05) is 26.2 Å². The second-order valence-corrected chi connectivity index (χ2v) is 6.96. The van der Waals surface area contributed by atoms with Crippen molar-refractivity contribution < 1.29 is 14.3 Å². The smallest absolute Gasteiger partial charge is 0.252 e. The minimum absolute atomic E-state index is 0.0669. The molecule has 0 atom stereocenters. The monoisotopic (exact) mass is 415 g/mol. The zero-order chi connectivity index (χ0) is 21.8. The van der Waals surface area contributed by atoms with Gasteiger partial charge in [0.2, 0.25) is 0 Å². The summed E-state index contributed by atoms with van der Waals surface area (Å²) in [7, 11) is 3.47. The summed E-state index contributed by atoms with van der Waals surface area (Å²) < 4.78 is 10.6. The number of hydrogen-bond donors (Lipinski definition) is 0. The summed E-state index contributed by atoms with van der Waals surface area (Å²) in [5.74, 6) is 2.03. The average Bonchev–Trinajstić information content (AvgIpc) is 2.80. The van der Waals surface area contributed by atoms with E-state index >= 15 is 0 Å². The van der Waals surface area contributed by atoms with Crippen LogP contribution in [0.5, 0.6) is 11.5 Å². The predicted octanol–water partition coefficient (Wildman–Crippen LogP) is 3.04. The van der Waals surface area contributed by atoms with Gasteiger partial charge in [-0.1, -0.05) is 18.2 Å². The molecule has 0 unspecified atom stereocenters. The summed E-state index contributed by atoms with van der Waals surface area (Å²) in [5, 5.41) is 8.68. The number of nitrogens with zero attached hydrogens (tertiary/aromatic N) is 5. The molecule has 8 heteroatoms. The second-order valence-electron chi connectivity index (χ2n) is 6.96. The average molecular weight is 415 g/mol. The molecule has 1 amide bonds. The lowest BCUT2D eigenvalue weighted by Gasteiger charge is -2.33. The molecule has 0 N–H and O–H groups in total. The van der Waals surface area contributed by atoms with Crippen molar-refractivity contribution in [3.63, 3.8) is 0 Å². The fourth-order valence-electron chi connectivity index (χ4n) is 3.37. The molecular weight excluding hydrogens is 394 g/mol. The molecule has 2 heterocycles. The van der Waals surface area contributed by atoms with Crippen LogP contribution in [0.15, 0.2) is 48.5 Å². The third-order valence-corrected chi connectivity index (χ3v) is 4.97. The number of rotatable bonds is 5. The second kappa shape index (κ2) is 8.71. The van der Waals surface area contributed by atoms with E-state index in [-0.39, 0.29) is 12.5 Å². The first-order chi connectivity index (χ1) is 15.1. The van der Waals surface area contributed by atoms with Crippen LogP contribution in [0.25, 0.3) is 17.1 Å². The van der Waals surface area contributed by atoms with Crippen molar-refractivity contribution in [1.82, 2.24) is 9.97 Å². The summed E-state index contributed by atoms with van der Waals surface area (Å²) >= 11 is 0. The number of nitriles is 1. The van der Waals surface area contributed by atoms with E-state index in [4.69, 9.17) is 24.7 Å². The van der Waals surface area contributed by atoms with Crippen molar-refractivity contribution >= 4 is 34.7 Å². The van der Waals surface area contributed by atoms with Crippen LogP contribution in [-0.2, 0) is 4.79 Å². The van der Waals surface area contributed by atoms with Crippen LogP contribution in [0.4, 0.5) is 11.6 Å². The molecule has 0 saturated carbocycles. The van der Waals surface area contributed by atoms with E-state index in [1.165, 1.54) is 13.2 Å². The Morgan fingerprint density at radius 2 is 1.87 bits per heavy atom. The van der Waals surface area contributed by atoms with E-state index in [0.717, 1.165) is 16.6 Å². The number of benzene rings is 2. The van der Waals surface area contributed by atoms with Crippen LogP contribution < -0.4 is 19.3 Å². The Morgan fingerprint density at radius 3 is 2.58 bits per heavy atom. The van der Waals surface area contributed by atoms with Crippen LogP contribution >= 0.6 is 0 Å². The molecule has 0 fully saturated rings. The highest BCUT2D eigenvalue weighted by Crippen LogP contribution is 2.31. The van der Waals surface area contributed by atoms with Crippen molar-refractivity contribution in [3.8, 4) is 17.6 Å². The van der Waals surface area contributed by atoms with E-state index in [9.17, 15) is 4.79 Å². The van der Waals surface area contributed by atoms with Crippen molar-refractivity contribution in [2.75, 3.05) is 43.7 Å². The molecule has 0 bridgehead atoms. The van der Waals surface area contributed by atoms with Crippen molar-refractivity contribution in [2.45, 2.75) is 0 Å². The van der Waals surface area contributed by atoms with Crippen LogP contribution in [0.1, 0.15) is 5.56 Å². The van der Waals surface area contributed by atoms with Gasteiger partial charge in [0.1, 0.15) is 6.07 Å². The van der Waals surface area contributed by atoms with Gasteiger partial charge in [-0.3, -0.25) is 9.69 Å². The van der Waals surface area contributed by atoms with Gasteiger partial charge < -0.3 is 14.4 Å². The molecular formula is C23H21N5O3. The highest BCUT2D eigenvalue weighted by atomic mass is 16.5. The third-order valence-electron chi connectivity index (χ3n) is 4.97. The van der Waals surface area contributed by atoms with Gasteiger partial charge in [0.05, 0.1) is 18.1 Å². The fourth-order valence-corrected chi connectivity index (χ4v) is 3.37. The molecule has 156 valence electrons. The van der Waals surface area contributed by atoms with E-state index in [1.54, 1.807) is 29.2 Å². The number of para-hydroxylation sites is 2. The highest BCUT2D eigenvalue weighted by Gasteiger charge is 2.27. The van der Waals surface area contributed by atoms with E-state index < -0.39 is 0 Å². The molecule has 1 aliphatic rings. The zero-order valence-electron chi connectivity index (χ0n) is 17.3. The van der Waals surface area contributed by atoms with Gasteiger partial charge in [-0.2, -0.15) is 5.26 Å². The minimum atomic E-state index is -0.178. The largest absolute Gasteiger partial charge is 0.493 e. The van der Waals surface area contributed by atoms with Gasteiger partial charge in [0.25, 0.3) is 5.91 Å². The van der Waals surface area contributed by atoms with Gasteiger partial charge in [-0.25, -0.2) is 9.97 Å². The maximum absolute atomic E-state index is 13.0. The summed E-state index contributed by atoms with van der Waals surface area (Å²) in [6.45, 7) is 1.12. The molecule has 0 aliphatic carbocycles. The molecule has 1 aromatic heterocycles. The first-order valence-electron chi connectivity index (χ1n) is 9.76. The van der Waals surface area contributed by atoms with E-state index in [0.29, 0.717) is 36.2 Å². The summed E-state index contributed by atoms with van der Waals surface area (Å²) in [6.07, 6.45) is 3.22. The Hall–Kier alpha value is -4.12. The summed E-state index contributed by atoms with van der Waals surface area (Å²) in [4.78, 5) is 26.0. The third kappa shape index (κ3) is 4.12. The van der Waals surface area contributed by atoms with Crippen LogP contribution in [-0.4, -0.2) is 49.7 Å². The number of aromatic nitrogens is 2. The first-order valence-corrected chi connectivity index (χ1v) is 9.76. The molecule has 8 nitrogen and oxygen atoms in total. The Labute approximate surface area is 179 Å². The lowest BCUT2D eigenvalue weighted by molar-refractivity contribution is -0.114. The first kappa shape index (κ1) is 20.2. The normalized spacial score (nSPS) is 13.2. The Morgan fingerprint density at radius 1 is 1.13 bits per heavy atom. The van der Waals surface area contributed by atoms with Crippen molar-refractivity contribution in [2.24, 2.45) is 0 Å². The zero-order valence-corrected chi connectivity index (χ0v) is 17.3. The van der Waals surface area contributed by atoms with E-state index in [1.807, 2.05) is 42.3 Å². The lowest BCUT2D eigenvalue weighted by Crippen LogP contribution is -2.43. The molecule has 1 aliphatic heterocycles. The number of methoxy groups -OCH3 is 1. The van der Waals surface area contributed by atoms with Crippen LogP contribution in [0, 0.1) is 11.3 Å². The predicted molar refractivity (Wildman–Crippen MR) is 118 cm³/mol. The number of carbonyl (C=O) groups excluding carboxylic acids is 1. The molecule has 2 aromatic carbocycles. The van der Waals surface area contributed by atoms with Crippen LogP contribution in [0.2, 0.25) is 0 Å².